The van der Waals surface area contributed by atoms with Gasteiger partial charge in [-0.1, -0.05) is 0 Å². The van der Waals surface area contributed by atoms with Crippen molar-refractivity contribution < 1.29 is 19.3 Å². The maximum absolute atomic E-state index is 10.5. The Morgan fingerprint density at radius 1 is 1.10 bits per heavy atom. The van der Waals surface area contributed by atoms with Crippen molar-refractivity contribution in [1.29, 1.82) is 0 Å². The molecule has 0 radical (unpaired) electrons. The third-order valence-corrected chi connectivity index (χ3v) is 3.26. The summed E-state index contributed by atoms with van der Waals surface area (Å²) in [5.74, 6) is 1.50. The molecule has 0 amide bonds. The van der Waals surface area contributed by atoms with E-state index >= 15 is 0 Å². The zero-order chi connectivity index (χ0) is 15.4. The monoisotopic (exact) mass is 292 g/mol. The molecular formula is C15H20N2O4. The zero-order valence-electron chi connectivity index (χ0n) is 12.7. The maximum Gasteiger partial charge on any atom is 0.203 e. The second kappa shape index (κ2) is 6.49. The van der Waals surface area contributed by atoms with Crippen molar-refractivity contribution >= 4 is 0 Å². The number of aliphatic hydroxyl groups is 1. The van der Waals surface area contributed by atoms with E-state index in [1.165, 1.54) is 14.2 Å². The van der Waals surface area contributed by atoms with Crippen LogP contribution in [-0.4, -0.2) is 36.2 Å². The summed E-state index contributed by atoms with van der Waals surface area (Å²) in [4.78, 5) is 0. The van der Waals surface area contributed by atoms with Gasteiger partial charge in [0, 0.05) is 25.2 Å². The van der Waals surface area contributed by atoms with E-state index in [2.05, 4.69) is 5.10 Å². The SMILES string of the molecule is COc1ccc(C(O)Cc2ccn(C)n2)c(OC)c1OC. The summed E-state index contributed by atoms with van der Waals surface area (Å²) >= 11 is 0. The van der Waals surface area contributed by atoms with Crippen LogP contribution in [0.3, 0.4) is 0 Å². The summed E-state index contributed by atoms with van der Waals surface area (Å²) in [6, 6.07) is 5.39. The topological polar surface area (TPSA) is 65.7 Å². The summed E-state index contributed by atoms with van der Waals surface area (Å²) in [5.41, 5.74) is 1.45. The van der Waals surface area contributed by atoms with Gasteiger partial charge in [0.15, 0.2) is 11.5 Å². The van der Waals surface area contributed by atoms with Crippen LogP contribution in [0, 0.1) is 0 Å². The number of aliphatic hydroxyl groups excluding tert-OH is 1. The first-order chi connectivity index (χ1) is 10.1. The standard InChI is InChI=1S/C15H20N2O4/c1-17-8-7-10(16-17)9-12(18)11-5-6-13(19-2)15(21-4)14(11)20-3/h5-8,12,18H,9H2,1-4H3. The number of benzene rings is 1. The van der Waals surface area contributed by atoms with Crippen LogP contribution >= 0.6 is 0 Å². The second-order valence-corrected chi connectivity index (χ2v) is 4.62. The lowest BCUT2D eigenvalue weighted by molar-refractivity contribution is 0.171. The number of ether oxygens (including phenoxy) is 3. The molecule has 6 nitrogen and oxygen atoms in total. The normalized spacial score (nSPS) is 12.0. The van der Waals surface area contributed by atoms with Gasteiger partial charge in [-0.2, -0.15) is 5.10 Å². The molecule has 0 spiro atoms. The molecule has 114 valence electrons. The molecule has 1 aromatic heterocycles. The second-order valence-electron chi connectivity index (χ2n) is 4.62. The number of aromatic nitrogens is 2. The fraction of sp³-hybridized carbons (Fsp3) is 0.400. The van der Waals surface area contributed by atoms with Crippen molar-refractivity contribution in [3.8, 4) is 17.2 Å². The third-order valence-electron chi connectivity index (χ3n) is 3.26. The Morgan fingerprint density at radius 3 is 2.33 bits per heavy atom. The van der Waals surface area contributed by atoms with Gasteiger partial charge < -0.3 is 19.3 Å². The van der Waals surface area contributed by atoms with Gasteiger partial charge in [0.25, 0.3) is 0 Å². The van der Waals surface area contributed by atoms with Gasteiger partial charge in [0.1, 0.15) is 0 Å². The van der Waals surface area contributed by atoms with Crippen LogP contribution in [0.4, 0.5) is 0 Å². The Kier molecular flexibility index (Phi) is 4.70. The summed E-state index contributed by atoms with van der Waals surface area (Å²) in [6.07, 6.45) is 1.50. The smallest absolute Gasteiger partial charge is 0.203 e. The molecule has 6 heteroatoms. The number of rotatable bonds is 6. The first-order valence-corrected chi connectivity index (χ1v) is 6.56. The molecule has 0 aliphatic rings. The minimum atomic E-state index is -0.741. The van der Waals surface area contributed by atoms with E-state index in [0.717, 1.165) is 5.69 Å². The molecule has 0 saturated heterocycles. The summed E-state index contributed by atoms with van der Waals surface area (Å²) in [7, 11) is 6.47. The first kappa shape index (κ1) is 15.2. The molecule has 0 bridgehead atoms. The molecule has 1 aromatic carbocycles. The van der Waals surface area contributed by atoms with Gasteiger partial charge in [-0.05, 0) is 18.2 Å². The predicted octanol–water partition coefficient (Wildman–Crippen LogP) is 1.72. The molecule has 2 rings (SSSR count). The van der Waals surface area contributed by atoms with Crippen LogP contribution in [0.15, 0.2) is 24.4 Å². The fourth-order valence-electron chi connectivity index (χ4n) is 2.27. The number of hydrogen-bond acceptors (Lipinski definition) is 5. The quantitative estimate of drug-likeness (QED) is 0.878. The number of methoxy groups -OCH3 is 3. The number of hydrogen-bond donors (Lipinski definition) is 1. The lowest BCUT2D eigenvalue weighted by atomic mass is 10.0. The molecule has 1 N–H and O–H groups in total. The van der Waals surface area contributed by atoms with E-state index in [4.69, 9.17) is 14.2 Å². The van der Waals surface area contributed by atoms with Crippen molar-refractivity contribution in [2.24, 2.45) is 7.05 Å². The van der Waals surface area contributed by atoms with E-state index in [1.807, 2.05) is 19.3 Å². The summed E-state index contributed by atoms with van der Waals surface area (Å²) in [5, 5.41) is 14.7. The van der Waals surface area contributed by atoms with Gasteiger partial charge in [-0.3, -0.25) is 4.68 Å². The molecule has 21 heavy (non-hydrogen) atoms. The van der Waals surface area contributed by atoms with Gasteiger partial charge in [0.05, 0.1) is 33.1 Å². The van der Waals surface area contributed by atoms with Crippen molar-refractivity contribution in [2.75, 3.05) is 21.3 Å². The largest absolute Gasteiger partial charge is 0.493 e. The van der Waals surface area contributed by atoms with Gasteiger partial charge in [-0.15, -0.1) is 0 Å². The Balaban J connectivity index is 2.33. The minimum absolute atomic E-state index is 0.396. The Morgan fingerprint density at radius 2 is 1.81 bits per heavy atom. The van der Waals surface area contributed by atoms with E-state index in [9.17, 15) is 5.11 Å². The minimum Gasteiger partial charge on any atom is -0.493 e. The predicted molar refractivity (Wildman–Crippen MR) is 78.0 cm³/mol. The molecule has 0 aliphatic carbocycles. The molecule has 0 saturated carbocycles. The Labute approximate surface area is 123 Å². The van der Waals surface area contributed by atoms with Crippen molar-refractivity contribution in [3.63, 3.8) is 0 Å². The summed E-state index contributed by atoms with van der Waals surface area (Å²) in [6.45, 7) is 0. The van der Waals surface area contributed by atoms with Crippen LogP contribution < -0.4 is 14.2 Å². The molecule has 0 fully saturated rings. The highest BCUT2D eigenvalue weighted by Crippen LogP contribution is 2.42. The zero-order valence-corrected chi connectivity index (χ0v) is 12.7. The molecule has 0 aliphatic heterocycles. The van der Waals surface area contributed by atoms with E-state index in [0.29, 0.717) is 29.2 Å². The third kappa shape index (κ3) is 3.11. The maximum atomic E-state index is 10.5. The van der Waals surface area contributed by atoms with Gasteiger partial charge in [0.2, 0.25) is 5.75 Å². The van der Waals surface area contributed by atoms with Crippen LogP contribution in [0.2, 0.25) is 0 Å². The van der Waals surface area contributed by atoms with E-state index in [1.54, 1.807) is 23.9 Å². The molecular weight excluding hydrogens is 272 g/mol. The van der Waals surface area contributed by atoms with E-state index in [-0.39, 0.29) is 0 Å². The summed E-state index contributed by atoms with van der Waals surface area (Å²) < 4.78 is 17.6. The highest BCUT2D eigenvalue weighted by Gasteiger charge is 2.21. The lowest BCUT2D eigenvalue weighted by Crippen LogP contribution is -2.07. The van der Waals surface area contributed by atoms with Crippen molar-refractivity contribution in [2.45, 2.75) is 12.5 Å². The highest BCUT2D eigenvalue weighted by molar-refractivity contribution is 5.56. The molecule has 2 aromatic rings. The fourth-order valence-corrected chi connectivity index (χ4v) is 2.27. The number of aryl methyl sites for hydroxylation is 1. The Hall–Kier alpha value is -2.21. The van der Waals surface area contributed by atoms with Gasteiger partial charge in [-0.25, -0.2) is 0 Å². The van der Waals surface area contributed by atoms with Crippen LogP contribution in [0.5, 0.6) is 17.2 Å². The van der Waals surface area contributed by atoms with E-state index < -0.39 is 6.10 Å². The molecule has 1 atom stereocenters. The van der Waals surface area contributed by atoms with Crippen LogP contribution in [0.25, 0.3) is 0 Å². The molecule has 1 unspecified atom stereocenters. The van der Waals surface area contributed by atoms with Gasteiger partial charge >= 0.3 is 0 Å². The highest BCUT2D eigenvalue weighted by atomic mass is 16.5. The van der Waals surface area contributed by atoms with Crippen LogP contribution in [0.1, 0.15) is 17.4 Å². The number of nitrogens with zero attached hydrogens (tertiary/aromatic N) is 2. The first-order valence-electron chi connectivity index (χ1n) is 6.56. The van der Waals surface area contributed by atoms with Crippen molar-refractivity contribution in [3.05, 3.63) is 35.7 Å². The van der Waals surface area contributed by atoms with Crippen molar-refractivity contribution in [1.82, 2.24) is 9.78 Å². The lowest BCUT2D eigenvalue weighted by Gasteiger charge is -2.18. The molecule has 1 heterocycles. The van der Waals surface area contributed by atoms with Crippen LogP contribution in [-0.2, 0) is 13.5 Å². The average Bonchev–Trinajstić information content (AvgIpc) is 2.90. The Bertz CT molecular complexity index is 610. The average molecular weight is 292 g/mol.